The van der Waals surface area contributed by atoms with E-state index in [9.17, 15) is 19.5 Å². The summed E-state index contributed by atoms with van der Waals surface area (Å²) >= 11 is 0. The number of benzene rings is 1. The van der Waals surface area contributed by atoms with Gasteiger partial charge in [0.1, 0.15) is 11.8 Å². The highest BCUT2D eigenvalue weighted by atomic mass is 16.5. The van der Waals surface area contributed by atoms with Crippen molar-refractivity contribution >= 4 is 28.5 Å². The lowest BCUT2D eigenvalue weighted by Gasteiger charge is -2.51. The van der Waals surface area contributed by atoms with Crippen molar-refractivity contribution in [1.29, 1.82) is 0 Å². The summed E-state index contributed by atoms with van der Waals surface area (Å²) in [5.41, 5.74) is 1.07. The maximum Gasteiger partial charge on any atom is 0.287 e. The molecule has 1 aromatic carbocycles. The van der Waals surface area contributed by atoms with Crippen LogP contribution in [-0.2, 0) is 16.1 Å². The highest BCUT2D eigenvalue weighted by molar-refractivity contribution is 6.25. The molecule has 2 aromatic rings. The van der Waals surface area contributed by atoms with Gasteiger partial charge in [0.25, 0.3) is 11.6 Å². The molecule has 0 saturated carbocycles. The van der Waals surface area contributed by atoms with Crippen molar-refractivity contribution < 1.29 is 24.2 Å². The maximum atomic E-state index is 14.1. The number of ether oxygens (including phenoxy) is 1. The molecule has 3 atom stereocenters. The fourth-order valence-electron chi connectivity index (χ4n) is 5.69. The van der Waals surface area contributed by atoms with Crippen LogP contribution in [0, 0.1) is 0 Å². The molecule has 8 nitrogen and oxygen atoms in total. The number of methoxy groups -OCH3 is 1. The van der Waals surface area contributed by atoms with Crippen LogP contribution in [-0.4, -0.2) is 62.5 Å². The number of allylic oxidation sites excluding steroid dienone is 3. The van der Waals surface area contributed by atoms with Gasteiger partial charge in [0.15, 0.2) is 0 Å². The average molecular weight is 478 g/mol. The first-order valence-electron chi connectivity index (χ1n) is 12.0. The standard InChI is InChI=1S/C27H31N3O5/c1-15(2)10-12-28-20-14-17(35-5)8-9-18(20)22-23(28)21(13-16(3)4)30-25(32)19-7-6-11-29(19)26(33)27(30,34)24(22)31/h8-10,13-14,19,21,34H,6-7,11-12H2,1-5H3/t19-,21-,27+/m1/s1. The van der Waals surface area contributed by atoms with E-state index in [-0.39, 0.29) is 11.5 Å². The van der Waals surface area contributed by atoms with Crippen molar-refractivity contribution in [2.75, 3.05) is 13.7 Å². The third-order valence-electron chi connectivity index (χ3n) is 7.27. The molecule has 2 fully saturated rings. The Morgan fingerprint density at radius 3 is 2.57 bits per heavy atom. The van der Waals surface area contributed by atoms with E-state index in [2.05, 4.69) is 0 Å². The van der Waals surface area contributed by atoms with Gasteiger partial charge in [-0.15, -0.1) is 0 Å². The normalized spacial score (nSPS) is 25.4. The van der Waals surface area contributed by atoms with E-state index in [1.165, 1.54) is 4.90 Å². The molecule has 2 saturated heterocycles. The number of carbonyl (C=O) groups is 3. The van der Waals surface area contributed by atoms with E-state index in [4.69, 9.17) is 4.74 Å². The Balaban J connectivity index is 1.87. The van der Waals surface area contributed by atoms with Crippen LogP contribution in [0.1, 0.15) is 62.6 Å². The van der Waals surface area contributed by atoms with Crippen LogP contribution in [0.25, 0.3) is 10.9 Å². The highest BCUT2D eigenvalue weighted by Gasteiger charge is 2.66. The molecule has 35 heavy (non-hydrogen) atoms. The molecular weight excluding hydrogens is 446 g/mol. The summed E-state index contributed by atoms with van der Waals surface area (Å²) in [6.45, 7) is 8.62. The monoisotopic (exact) mass is 477 g/mol. The van der Waals surface area contributed by atoms with Gasteiger partial charge in [-0.2, -0.15) is 0 Å². The topological polar surface area (TPSA) is 92.1 Å². The van der Waals surface area contributed by atoms with Crippen LogP contribution in [0.3, 0.4) is 0 Å². The summed E-state index contributed by atoms with van der Waals surface area (Å²) in [6, 6.07) is 3.97. The molecule has 0 radical (unpaired) electrons. The van der Waals surface area contributed by atoms with Gasteiger partial charge in [0, 0.05) is 24.5 Å². The number of piperazine rings is 1. The first kappa shape index (κ1) is 23.4. The Bertz CT molecular complexity index is 1330. The van der Waals surface area contributed by atoms with E-state index in [1.807, 2.05) is 50.5 Å². The molecule has 8 heteroatoms. The zero-order chi connectivity index (χ0) is 25.2. The average Bonchev–Trinajstić information content (AvgIpc) is 3.42. The van der Waals surface area contributed by atoms with Crippen molar-refractivity contribution in [1.82, 2.24) is 14.4 Å². The second-order valence-electron chi connectivity index (χ2n) is 10.1. The summed E-state index contributed by atoms with van der Waals surface area (Å²) in [5.74, 6) is -1.22. The van der Waals surface area contributed by atoms with E-state index in [0.717, 1.165) is 21.6 Å². The second kappa shape index (κ2) is 8.09. The molecule has 1 N–H and O–H groups in total. The molecule has 3 aliphatic rings. The van der Waals surface area contributed by atoms with Crippen LogP contribution in [0.2, 0.25) is 0 Å². The number of nitrogens with zero attached hydrogens (tertiary/aromatic N) is 3. The predicted octanol–water partition coefficient (Wildman–Crippen LogP) is 3.34. The van der Waals surface area contributed by atoms with E-state index in [1.54, 1.807) is 19.2 Å². The van der Waals surface area contributed by atoms with Crippen LogP contribution >= 0.6 is 0 Å². The summed E-state index contributed by atoms with van der Waals surface area (Å²) < 4.78 is 7.45. The minimum Gasteiger partial charge on any atom is -0.497 e. The largest absolute Gasteiger partial charge is 0.497 e. The minimum absolute atomic E-state index is 0.282. The zero-order valence-electron chi connectivity index (χ0n) is 20.8. The molecule has 5 rings (SSSR count). The number of Topliss-reactive ketones (excluding diaryl/α,β-unsaturated/α-hetero) is 1. The van der Waals surface area contributed by atoms with Gasteiger partial charge in [-0.05, 0) is 52.7 Å². The van der Waals surface area contributed by atoms with Gasteiger partial charge in [0.05, 0.1) is 29.9 Å². The fourth-order valence-corrected chi connectivity index (χ4v) is 5.69. The van der Waals surface area contributed by atoms with Gasteiger partial charge in [-0.1, -0.05) is 23.3 Å². The second-order valence-corrected chi connectivity index (χ2v) is 10.1. The lowest BCUT2D eigenvalue weighted by atomic mass is 9.83. The fraction of sp³-hybridized carbons (Fsp3) is 0.444. The van der Waals surface area contributed by atoms with Gasteiger partial charge in [-0.25, -0.2) is 0 Å². The number of ketones is 1. The van der Waals surface area contributed by atoms with Crippen LogP contribution in [0.4, 0.5) is 0 Å². The molecule has 0 unspecified atom stereocenters. The molecule has 3 aliphatic heterocycles. The predicted molar refractivity (Wildman–Crippen MR) is 131 cm³/mol. The van der Waals surface area contributed by atoms with Crippen molar-refractivity contribution in [3.8, 4) is 5.75 Å². The van der Waals surface area contributed by atoms with Gasteiger partial charge in [0.2, 0.25) is 11.7 Å². The van der Waals surface area contributed by atoms with Crippen molar-refractivity contribution in [2.45, 2.75) is 64.9 Å². The molecule has 184 valence electrons. The number of hydrogen-bond donors (Lipinski definition) is 1. The lowest BCUT2D eigenvalue weighted by molar-refractivity contribution is -0.192. The molecule has 0 spiro atoms. The maximum absolute atomic E-state index is 14.1. The molecule has 0 aliphatic carbocycles. The molecule has 0 bridgehead atoms. The number of rotatable bonds is 4. The van der Waals surface area contributed by atoms with Crippen LogP contribution in [0.5, 0.6) is 5.75 Å². The Morgan fingerprint density at radius 2 is 1.91 bits per heavy atom. The Morgan fingerprint density at radius 1 is 1.17 bits per heavy atom. The summed E-state index contributed by atoms with van der Waals surface area (Å²) in [5, 5.41) is 12.5. The molecular formula is C27H31N3O5. The Hall–Kier alpha value is -3.39. The number of hydrogen-bond acceptors (Lipinski definition) is 5. The molecule has 2 amide bonds. The zero-order valence-corrected chi connectivity index (χ0v) is 20.8. The smallest absolute Gasteiger partial charge is 0.287 e. The van der Waals surface area contributed by atoms with Gasteiger partial charge >= 0.3 is 0 Å². The van der Waals surface area contributed by atoms with Crippen molar-refractivity contribution in [3.63, 3.8) is 0 Å². The summed E-state index contributed by atoms with van der Waals surface area (Å²) in [4.78, 5) is 44.0. The number of aromatic nitrogens is 1. The highest BCUT2D eigenvalue weighted by Crippen LogP contribution is 2.48. The summed E-state index contributed by atoms with van der Waals surface area (Å²) in [7, 11) is 1.58. The third-order valence-corrected chi connectivity index (χ3v) is 7.27. The third kappa shape index (κ3) is 3.19. The Kier molecular flexibility index (Phi) is 5.40. The SMILES string of the molecule is COc1ccc2c3c(n(CC=C(C)C)c2c1)[C@@H](C=C(C)C)N1C(=O)[C@H]2CCCN2C(=O)[C@@]1(O)C3=O. The van der Waals surface area contributed by atoms with E-state index in [0.29, 0.717) is 42.8 Å². The lowest BCUT2D eigenvalue weighted by Crippen LogP contribution is -2.75. The first-order chi connectivity index (χ1) is 16.6. The van der Waals surface area contributed by atoms with Gasteiger partial charge < -0.3 is 19.3 Å². The Labute approximate surface area is 204 Å². The van der Waals surface area contributed by atoms with E-state index < -0.39 is 29.5 Å². The molecule has 1 aromatic heterocycles. The van der Waals surface area contributed by atoms with E-state index >= 15 is 0 Å². The van der Waals surface area contributed by atoms with Crippen molar-refractivity contribution in [2.24, 2.45) is 0 Å². The van der Waals surface area contributed by atoms with Crippen LogP contribution in [0.15, 0.2) is 41.5 Å². The number of carbonyl (C=O) groups excluding carboxylic acids is 3. The minimum atomic E-state index is -2.57. The quantitative estimate of drug-likeness (QED) is 0.539. The van der Waals surface area contributed by atoms with Crippen LogP contribution < -0.4 is 4.74 Å². The van der Waals surface area contributed by atoms with Gasteiger partial charge in [-0.3, -0.25) is 19.3 Å². The molecule has 4 heterocycles. The first-order valence-corrected chi connectivity index (χ1v) is 12.0. The van der Waals surface area contributed by atoms with Crippen molar-refractivity contribution in [3.05, 3.63) is 52.8 Å². The number of fused-ring (bicyclic) bond motifs is 5. The number of aliphatic hydroxyl groups is 1. The summed E-state index contributed by atoms with van der Waals surface area (Å²) in [6.07, 6.45) is 5.10. The number of amides is 2.